The number of phenolic OH excluding ortho intramolecular Hbond substituents is 1. The van der Waals surface area contributed by atoms with E-state index in [9.17, 15) is 34.8 Å². The highest BCUT2D eigenvalue weighted by molar-refractivity contribution is 6.24. The van der Waals surface area contributed by atoms with Gasteiger partial charge in [-0.25, -0.2) is 4.68 Å². The zero-order chi connectivity index (χ0) is 26.8. The van der Waals surface area contributed by atoms with Crippen molar-refractivity contribution in [2.24, 2.45) is 22.7 Å². The van der Waals surface area contributed by atoms with Gasteiger partial charge in [0.25, 0.3) is 5.91 Å². The summed E-state index contributed by atoms with van der Waals surface area (Å²) in [5.41, 5.74) is 2.68. The minimum absolute atomic E-state index is 0.0234. The van der Waals surface area contributed by atoms with Crippen LogP contribution in [0.5, 0.6) is 5.75 Å². The highest BCUT2D eigenvalue weighted by Crippen LogP contribution is 2.52. The summed E-state index contributed by atoms with van der Waals surface area (Å²) in [6, 6.07) is 5.53. The molecule has 0 aliphatic heterocycles. The van der Waals surface area contributed by atoms with E-state index in [0.29, 0.717) is 11.1 Å². The van der Waals surface area contributed by atoms with E-state index in [2.05, 4.69) is 5.10 Å². The molecule has 1 heterocycles. The number of primary amides is 1. The maximum Gasteiger partial charge on any atom is 0.255 e. The van der Waals surface area contributed by atoms with Crippen LogP contribution in [0.2, 0.25) is 0 Å². The molecule has 1 aromatic carbocycles. The van der Waals surface area contributed by atoms with E-state index in [1.807, 2.05) is 0 Å². The molecule has 0 bridgehead atoms. The first-order valence-electron chi connectivity index (χ1n) is 11.6. The highest BCUT2D eigenvalue weighted by atomic mass is 16.3. The number of hydrogen-bond donors (Lipinski definition) is 5. The SMILES string of the molecule is CN(C)[C@@H]1C(O)=C(C(N)=O)C(=O)[C@@]2(O)C(O)=C3C(=O)c4c(O)ccc(/C=N/n5cccc5)c4C[C@H]3C[C@@H]12. The van der Waals surface area contributed by atoms with Crippen molar-refractivity contribution >= 4 is 23.7 Å². The van der Waals surface area contributed by atoms with Crippen molar-refractivity contribution in [2.75, 3.05) is 14.1 Å². The molecule has 0 saturated carbocycles. The second-order valence-corrected chi connectivity index (χ2v) is 9.80. The van der Waals surface area contributed by atoms with Gasteiger partial charge < -0.3 is 26.2 Å². The number of nitrogens with zero attached hydrogens (tertiary/aromatic N) is 3. The summed E-state index contributed by atoms with van der Waals surface area (Å²) in [5.74, 6) is -6.79. The average Bonchev–Trinajstić information content (AvgIpc) is 3.34. The fraction of sp³-hybridized carbons (Fsp3) is 0.308. The first-order valence-corrected chi connectivity index (χ1v) is 11.6. The number of ketones is 2. The van der Waals surface area contributed by atoms with E-state index >= 15 is 0 Å². The number of carbonyl (C=O) groups is 3. The molecule has 11 heteroatoms. The molecule has 2 aromatic rings. The monoisotopic (exact) mass is 506 g/mol. The molecular weight excluding hydrogens is 480 g/mol. The van der Waals surface area contributed by atoms with Crippen molar-refractivity contribution in [3.05, 3.63) is 76.0 Å². The van der Waals surface area contributed by atoms with Gasteiger partial charge in [0.15, 0.2) is 11.4 Å². The number of benzene rings is 1. The van der Waals surface area contributed by atoms with Crippen LogP contribution in [0.3, 0.4) is 0 Å². The number of aromatic nitrogens is 1. The van der Waals surface area contributed by atoms with Gasteiger partial charge in [0.2, 0.25) is 5.78 Å². The van der Waals surface area contributed by atoms with E-state index in [1.54, 1.807) is 55.6 Å². The van der Waals surface area contributed by atoms with Crippen LogP contribution in [0.1, 0.15) is 27.9 Å². The molecule has 4 atom stereocenters. The van der Waals surface area contributed by atoms with Crippen molar-refractivity contribution in [1.82, 2.24) is 9.58 Å². The first-order chi connectivity index (χ1) is 17.5. The van der Waals surface area contributed by atoms with E-state index in [-0.39, 0.29) is 29.7 Å². The van der Waals surface area contributed by atoms with E-state index in [4.69, 9.17) is 5.73 Å². The van der Waals surface area contributed by atoms with Gasteiger partial charge in [0.05, 0.1) is 17.8 Å². The number of carbonyl (C=O) groups excluding carboxylic acids is 3. The Morgan fingerprint density at radius 3 is 2.49 bits per heavy atom. The smallest absolute Gasteiger partial charge is 0.255 e. The molecule has 0 radical (unpaired) electrons. The second kappa shape index (κ2) is 8.43. The molecule has 0 fully saturated rings. The molecule has 3 aliphatic rings. The predicted molar refractivity (Wildman–Crippen MR) is 131 cm³/mol. The van der Waals surface area contributed by atoms with E-state index in [1.165, 1.54) is 11.0 Å². The molecule has 0 spiro atoms. The molecule has 1 aromatic heterocycles. The number of hydrogen-bond acceptors (Lipinski definition) is 9. The van der Waals surface area contributed by atoms with Gasteiger partial charge in [-0.1, -0.05) is 0 Å². The van der Waals surface area contributed by atoms with Gasteiger partial charge in [-0.05, 0) is 68.2 Å². The number of rotatable bonds is 4. The summed E-state index contributed by atoms with van der Waals surface area (Å²) in [5, 5.41) is 48.7. The number of nitrogens with two attached hydrogens (primary N) is 1. The number of phenols is 1. The molecular formula is C26H26N4O7. The lowest BCUT2D eigenvalue weighted by Crippen LogP contribution is -2.63. The van der Waals surface area contributed by atoms with Crippen LogP contribution in [0, 0.1) is 11.8 Å². The summed E-state index contributed by atoms with van der Waals surface area (Å²) >= 11 is 0. The van der Waals surface area contributed by atoms with Crippen LogP contribution in [0.4, 0.5) is 0 Å². The lowest BCUT2D eigenvalue weighted by atomic mass is 9.58. The molecule has 192 valence electrons. The number of allylic oxidation sites excluding steroid dienone is 1. The summed E-state index contributed by atoms with van der Waals surface area (Å²) in [4.78, 5) is 40.5. The molecule has 1 amide bonds. The Kier molecular flexibility index (Phi) is 5.57. The Balaban J connectivity index is 1.68. The predicted octanol–water partition coefficient (Wildman–Crippen LogP) is 0.804. The quantitative estimate of drug-likeness (QED) is 0.298. The lowest BCUT2D eigenvalue weighted by Gasteiger charge is -2.50. The van der Waals surface area contributed by atoms with Crippen molar-refractivity contribution < 1.29 is 34.8 Å². The molecule has 3 aliphatic carbocycles. The van der Waals surface area contributed by atoms with Gasteiger partial charge in [0, 0.05) is 23.9 Å². The van der Waals surface area contributed by atoms with E-state index < -0.39 is 58.0 Å². The summed E-state index contributed by atoms with van der Waals surface area (Å²) in [6.45, 7) is 0. The van der Waals surface area contributed by atoms with Crippen LogP contribution < -0.4 is 5.73 Å². The molecule has 11 nitrogen and oxygen atoms in total. The minimum atomic E-state index is -2.66. The summed E-state index contributed by atoms with van der Waals surface area (Å²) < 4.78 is 1.57. The largest absolute Gasteiger partial charge is 0.510 e. The van der Waals surface area contributed by atoms with Gasteiger partial charge in [0.1, 0.15) is 22.8 Å². The topological polar surface area (TPSA) is 179 Å². The Morgan fingerprint density at radius 2 is 1.86 bits per heavy atom. The Labute approximate surface area is 211 Å². The van der Waals surface area contributed by atoms with Crippen molar-refractivity contribution in [1.29, 1.82) is 0 Å². The molecule has 37 heavy (non-hydrogen) atoms. The number of Topliss-reactive ketones (excluding diaryl/α,β-unsaturated/α-hetero) is 2. The summed E-state index contributed by atoms with van der Waals surface area (Å²) in [7, 11) is 3.17. The maximum atomic E-state index is 13.7. The minimum Gasteiger partial charge on any atom is -0.510 e. The third-order valence-electron chi connectivity index (χ3n) is 7.56. The number of likely N-dealkylation sites (N-methyl/N-ethyl adjacent to an activating group) is 1. The standard InChI is InChI=1S/C26H26N4O7/c1-29(2)20-15-10-13-9-14-12(11-28-30-7-3-4-8-30)5-6-16(31)18(14)21(32)17(13)23(34)26(15,37)24(35)19(22(20)33)25(27)36/h3-8,11,13,15,20,31,33-34,37H,9-10H2,1-2H3,(H2,27,36)/b28-11+/t13-,15-,20-,26-/m0/s1. The van der Waals surface area contributed by atoms with Crippen LogP contribution in [-0.4, -0.2) is 79.4 Å². The van der Waals surface area contributed by atoms with Crippen molar-refractivity contribution in [3.8, 4) is 5.75 Å². The maximum absolute atomic E-state index is 13.7. The third kappa shape index (κ3) is 3.42. The first kappa shape index (κ1) is 24.5. The fourth-order valence-corrected chi connectivity index (χ4v) is 5.93. The second-order valence-electron chi connectivity index (χ2n) is 9.80. The van der Waals surface area contributed by atoms with E-state index in [0.717, 1.165) is 0 Å². The average molecular weight is 507 g/mol. The summed E-state index contributed by atoms with van der Waals surface area (Å²) in [6.07, 6.45) is 5.24. The zero-order valence-corrected chi connectivity index (χ0v) is 20.1. The Morgan fingerprint density at radius 1 is 1.19 bits per heavy atom. The van der Waals surface area contributed by atoms with Crippen molar-refractivity contribution in [3.63, 3.8) is 0 Å². The van der Waals surface area contributed by atoms with Gasteiger partial charge in [-0.2, -0.15) is 5.10 Å². The Bertz CT molecular complexity index is 1440. The molecule has 5 rings (SSSR count). The fourth-order valence-electron chi connectivity index (χ4n) is 5.93. The van der Waals surface area contributed by atoms with Gasteiger partial charge >= 0.3 is 0 Å². The third-order valence-corrected chi connectivity index (χ3v) is 7.56. The number of fused-ring (bicyclic) bond motifs is 3. The Hall–Kier alpha value is -4.22. The van der Waals surface area contributed by atoms with Crippen LogP contribution in [-0.2, 0) is 16.0 Å². The number of aromatic hydroxyl groups is 1. The van der Waals surface area contributed by atoms with Crippen LogP contribution in [0.25, 0.3) is 0 Å². The number of aliphatic hydroxyl groups is 3. The van der Waals surface area contributed by atoms with Gasteiger partial charge in [-0.15, -0.1) is 0 Å². The normalized spacial score (nSPS) is 27.5. The molecule has 0 saturated heterocycles. The molecule has 0 unspecified atom stereocenters. The van der Waals surface area contributed by atoms with Crippen LogP contribution >= 0.6 is 0 Å². The number of amides is 1. The number of aliphatic hydroxyl groups excluding tert-OH is 2. The lowest BCUT2D eigenvalue weighted by molar-refractivity contribution is -0.148. The molecule has 6 N–H and O–H groups in total. The zero-order valence-electron chi connectivity index (χ0n) is 20.1. The van der Waals surface area contributed by atoms with Crippen LogP contribution in [0.15, 0.2) is 64.4 Å². The van der Waals surface area contributed by atoms with Crippen molar-refractivity contribution in [2.45, 2.75) is 24.5 Å². The van der Waals surface area contributed by atoms with Gasteiger partial charge in [-0.3, -0.25) is 19.3 Å². The highest BCUT2D eigenvalue weighted by Gasteiger charge is 2.63.